The lowest BCUT2D eigenvalue weighted by Crippen LogP contribution is -2.15. The first-order valence-corrected chi connectivity index (χ1v) is 4.31. The molecule has 1 aliphatic rings. The molecular weight excluding hydrogens is 150 g/mol. The number of aliphatic hydroxyl groups excluding tert-OH is 1. The summed E-state index contributed by atoms with van der Waals surface area (Å²) in [6.07, 6.45) is -0.215. The Bertz CT molecular complexity index is 247. The van der Waals surface area contributed by atoms with Gasteiger partial charge in [0.15, 0.2) is 0 Å². The van der Waals surface area contributed by atoms with Crippen molar-refractivity contribution in [2.45, 2.75) is 12.0 Å². The van der Waals surface area contributed by atoms with Gasteiger partial charge in [-0.15, -0.1) is 0 Å². The normalized spacial score (nSPS) is 29.1. The average molecular weight is 163 g/mol. The van der Waals surface area contributed by atoms with Gasteiger partial charge in [-0.1, -0.05) is 30.3 Å². The lowest BCUT2D eigenvalue weighted by Gasteiger charge is -2.12. The van der Waals surface area contributed by atoms with Crippen molar-refractivity contribution in [3.05, 3.63) is 35.9 Å². The van der Waals surface area contributed by atoms with E-state index in [-0.39, 0.29) is 12.0 Å². The molecule has 0 radical (unpaired) electrons. The zero-order valence-electron chi connectivity index (χ0n) is 6.90. The number of rotatable bonds is 1. The Balaban J connectivity index is 2.19. The van der Waals surface area contributed by atoms with Gasteiger partial charge in [-0.25, -0.2) is 0 Å². The molecule has 2 heteroatoms. The molecule has 12 heavy (non-hydrogen) atoms. The van der Waals surface area contributed by atoms with Crippen molar-refractivity contribution in [1.82, 2.24) is 5.32 Å². The predicted molar refractivity (Wildman–Crippen MR) is 48.1 cm³/mol. The highest BCUT2D eigenvalue weighted by Crippen LogP contribution is 2.21. The van der Waals surface area contributed by atoms with Gasteiger partial charge in [0.2, 0.25) is 0 Å². The maximum Gasteiger partial charge on any atom is 0.0745 e. The molecular formula is C10H13NO. The number of benzene rings is 1. The zero-order chi connectivity index (χ0) is 8.39. The van der Waals surface area contributed by atoms with Gasteiger partial charge in [-0.2, -0.15) is 0 Å². The van der Waals surface area contributed by atoms with E-state index >= 15 is 0 Å². The molecule has 2 rings (SSSR count). The first kappa shape index (κ1) is 7.77. The van der Waals surface area contributed by atoms with Gasteiger partial charge in [0.1, 0.15) is 0 Å². The Morgan fingerprint density at radius 3 is 2.50 bits per heavy atom. The Morgan fingerprint density at radius 2 is 1.92 bits per heavy atom. The molecule has 1 aliphatic heterocycles. The molecule has 2 nitrogen and oxygen atoms in total. The predicted octanol–water partition coefficient (Wildman–Crippen LogP) is 0.734. The SMILES string of the molecule is OC1CNCC1c1ccccc1. The number of aliphatic hydroxyl groups is 1. The summed E-state index contributed by atoms with van der Waals surface area (Å²) in [5, 5.41) is 12.8. The molecule has 1 heterocycles. The van der Waals surface area contributed by atoms with E-state index in [0.29, 0.717) is 0 Å². The summed E-state index contributed by atoms with van der Waals surface area (Å²) in [4.78, 5) is 0. The van der Waals surface area contributed by atoms with Gasteiger partial charge >= 0.3 is 0 Å². The molecule has 0 aromatic heterocycles. The Hall–Kier alpha value is -0.860. The van der Waals surface area contributed by atoms with E-state index in [1.54, 1.807) is 0 Å². The van der Waals surface area contributed by atoms with E-state index in [2.05, 4.69) is 17.4 Å². The molecule has 1 aromatic rings. The quantitative estimate of drug-likeness (QED) is 0.640. The molecule has 0 bridgehead atoms. The highest BCUT2D eigenvalue weighted by molar-refractivity contribution is 5.22. The minimum atomic E-state index is -0.215. The van der Waals surface area contributed by atoms with Gasteiger partial charge in [-0.3, -0.25) is 0 Å². The summed E-state index contributed by atoms with van der Waals surface area (Å²) < 4.78 is 0. The Labute approximate surface area is 72.2 Å². The van der Waals surface area contributed by atoms with Crippen molar-refractivity contribution in [2.75, 3.05) is 13.1 Å². The largest absolute Gasteiger partial charge is 0.391 e. The van der Waals surface area contributed by atoms with Crippen LogP contribution < -0.4 is 5.32 Å². The van der Waals surface area contributed by atoms with Crippen LogP contribution in [-0.2, 0) is 0 Å². The van der Waals surface area contributed by atoms with E-state index in [1.807, 2.05) is 18.2 Å². The summed E-state index contributed by atoms with van der Waals surface area (Å²) >= 11 is 0. The molecule has 2 unspecified atom stereocenters. The topological polar surface area (TPSA) is 32.3 Å². The van der Waals surface area contributed by atoms with Gasteiger partial charge in [0.05, 0.1) is 6.10 Å². The molecule has 0 spiro atoms. The van der Waals surface area contributed by atoms with Crippen molar-refractivity contribution in [3.8, 4) is 0 Å². The second kappa shape index (κ2) is 3.25. The van der Waals surface area contributed by atoms with Crippen LogP contribution in [-0.4, -0.2) is 24.3 Å². The third kappa shape index (κ3) is 1.36. The van der Waals surface area contributed by atoms with Crippen LogP contribution in [0, 0.1) is 0 Å². The summed E-state index contributed by atoms with van der Waals surface area (Å²) in [6, 6.07) is 10.2. The molecule has 64 valence electrons. The second-order valence-corrected chi connectivity index (χ2v) is 3.24. The number of hydrogen-bond donors (Lipinski definition) is 2. The van der Waals surface area contributed by atoms with Crippen LogP contribution in [0.2, 0.25) is 0 Å². The number of hydrogen-bond acceptors (Lipinski definition) is 2. The van der Waals surface area contributed by atoms with E-state index < -0.39 is 0 Å². The van der Waals surface area contributed by atoms with Gasteiger partial charge in [-0.05, 0) is 5.56 Å². The Morgan fingerprint density at radius 1 is 1.17 bits per heavy atom. The summed E-state index contributed by atoms with van der Waals surface area (Å²) in [5.74, 6) is 0.284. The van der Waals surface area contributed by atoms with Crippen molar-refractivity contribution in [1.29, 1.82) is 0 Å². The van der Waals surface area contributed by atoms with E-state index in [9.17, 15) is 5.11 Å². The van der Waals surface area contributed by atoms with Crippen LogP contribution in [0.25, 0.3) is 0 Å². The number of nitrogens with one attached hydrogen (secondary N) is 1. The summed E-state index contributed by atoms with van der Waals surface area (Å²) in [6.45, 7) is 1.62. The van der Waals surface area contributed by atoms with E-state index in [4.69, 9.17) is 0 Å². The third-order valence-electron chi connectivity index (χ3n) is 2.41. The van der Waals surface area contributed by atoms with Crippen molar-refractivity contribution in [2.24, 2.45) is 0 Å². The van der Waals surface area contributed by atoms with Crippen molar-refractivity contribution < 1.29 is 5.11 Å². The molecule has 0 aliphatic carbocycles. The highest BCUT2D eigenvalue weighted by atomic mass is 16.3. The monoisotopic (exact) mass is 163 g/mol. The Kier molecular flexibility index (Phi) is 2.11. The molecule has 1 aromatic carbocycles. The molecule has 1 fully saturated rings. The number of β-amino-alcohol motifs (C(OH)–C–C–N with tert-alkyl or cyclic N) is 1. The zero-order valence-corrected chi connectivity index (χ0v) is 6.90. The fourth-order valence-electron chi connectivity index (χ4n) is 1.71. The molecule has 2 N–H and O–H groups in total. The molecule has 0 amide bonds. The highest BCUT2D eigenvalue weighted by Gasteiger charge is 2.25. The van der Waals surface area contributed by atoms with Gasteiger partial charge < -0.3 is 10.4 Å². The smallest absolute Gasteiger partial charge is 0.0745 e. The van der Waals surface area contributed by atoms with E-state index in [0.717, 1.165) is 13.1 Å². The standard InChI is InChI=1S/C10H13NO/c12-10-7-11-6-9(10)8-4-2-1-3-5-8/h1-5,9-12H,6-7H2. The van der Waals surface area contributed by atoms with Gasteiger partial charge in [0.25, 0.3) is 0 Å². The third-order valence-corrected chi connectivity index (χ3v) is 2.41. The van der Waals surface area contributed by atoms with Crippen LogP contribution in [0.5, 0.6) is 0 Å². The van der Waals surface area contributed by atoms with Crippen LogP contribution in [0.15, 0.2) is 30.3 Å². The molecule has 0 saturated carbocycles. The van der Waals surface area contributed by atoms with E-state index in [1.165, 1.54) is 5.56 Å². The van der Waals surface area contributed by atoms with Crippen molar-refractivity contribution >= 4 is 0 Å². The first-order chi connectivity index (χ1) is 5.88. The summed E-state index contributed by atoms with van der Waals surface area (Å²) in [5.41, 5.74) is 1.23. The fourth-order valence-corrected chi connectivity index (χ4v) is 1.71. The lowest BCUT2D eigenvalue weighted by atomic mass is 9.96. The minimum absolute atomic E-state index is 0.215. The van der Waals surface area contributed by atoms with Crippen LogP contribution in [0.4, 0.5) is 0 Å². The first-order valence-electron chi connectivity index (χ1n) is 4.31. The van der Waals surface area contributed by atoms with Crippen LogP contribution in [0.1, 0.15) is 11.5 Å². The van der Waals surface area contributed by atoms with Crippen LogP contribution in [0.3, 0.4) is 0 Å². The fraction of sp³-hybridized carbons (Fsp3) is 0.400. The molecule has 1 saturated heterocycles. The van der Waals surface area contributed by atoms with Crippen LogP contribution >= 0.6 is 0 Å². The van der Waals surface area contributed by atoms with Gasteiger partial charge in [0, 0.05) is 19.0 Å². The maximum absolute atomic E-state index is 9.58. The summed E-state index contributed by atoms with van der Waals surface area (Å²) in [7, 11) is 0. The maximum atomic E-state index is 9.58. The minimum Gasteiger partial charge on any atom is -0.391 e. The second-order valence-electron chi connectivity index (χ2n) is 3.24. The van der Waals surface area contributed by atoms with Crippen molar-refractivity contribution in [3.63, 3.8) is 0 Å². The molecule has 2 atom stereocenters. The lowest BCUT2D eigenvalue weighted by molar-refractivity contribution is 0.178. The average Bonchev–Trinajstić information content (AvgIpc) is 2.53.